The molecule has 0 aliphatic carbocycles. The first-order valence-corrected chi connectivity index (χ1v) is 7.95. The van der Waals surface area contributed by atoms with Crippen LogP contribution in [0.3, 0.4) is 0 Å². The zero-order valence-corrected chi connectivity index (χ0v) is 13.9. The van der Waals surface area contributed by atoms with Gasteiger partial charge in [0.25, 0.3) is 0 Å². The number of nitrogens with zero attached hydrogens (tertiary/aromatic N) is 3. The normalized spacial score (nSPS) is 11.0. The van der Waals surface area contributed by atoms with Crippen molar-refractivity contribution in [3.05, 3.63) is 59.8 Å². The van der Waals surface area contributed by atoms with Crippen LogP contribution < -0.4 is 5.32 Å². The summed E-state index contributed by atoms with van der Waals surface area (Å²) in [6.45, 7) is 3.97. The zero-order chi connectivity index (χ0) is 17.4. The molecule has 6 nitrogen and oxygen atoms in total. The lowest BCUT2D eigenvalue weighted by Crippen LogP contribution is -2.00. The molecule has 6 heteroatoms. The van der Waals surface area contributed by atoms with Gasteiger partial charge in [-0.25, -0.2) is 9.97 Å². The second kappa shape index (κ2) is 5.90. The molecule has 25 heavy (non-hydrogen) atoms. The maximum absolute atomic E-state index is 9.75. The molecule has 0 aliphatic rings. The molecular formula is C19H17N5O. The monoisotopic (exact) mass is 331 g/mol. The first kappa shape index (κ1) is 15.1. The second-order valence-electron chi connectivity index (χ2n) is 6.03. The molecule has 0 fully saturated rings. The summed E-state index contributed by atoms with van der Waals surface area (Å²) in [6, 6.07) is 14.9. The van der Waals surface area contributed by atoms with Crippen molar-refractivity contribution in [2.45, 2.75) is 13.8 Å². The fourth-order valence-electron chi connectivity index (χ4n) is 2.71. The Kier molecular flexibility index (Phi) is 3.57. The Morgan fingerprint density at radius 1 is 1.00 bits per heavy atom. The van der Waals surface area contributed by atoms with Gasteiger partial charge in [-0.2, -0.15) is 5.10 Å². The van der Waals surface area contributed by atoms with Crippen LogP contribution in [-0.2, 0) is 0 Å². The van der Waals surface area contributed by atoms with E-state index in [9.17, 15) is 5.11 Å². The molecule has 4 aromatic rings. The van der Waals surface area contributed by atoms with Gasteiger partial charge in [-0.1, -0.05) is 18.2 Å². The number of benzene rings is 2. The van der Waals surface area contributed by atoms with Gasteiger partial charge in [-0.15, -0.1) is 0 Å². The molecule has 124 valence electrons. The molecule has 0 radical (unpaired) electrons. The van der Waals surface area contributed by atoms with Crippen molar-refractivity contribution < 1.29 is 5.11 Å². The van der Waals surface area contributed by atoms with E-state index in [0.29, 0.717) is 17.5 Å². The molecule has 0 spiro atoms. The van der Waals surface area contributed by atoms with Gasteiger partial charge < -0.3 is 10.4 Å². The van der Waals surface area contributed by atoms with Crippen LogP contribution in [-0.4, -0.2) is 25.3 Å². The summed E-state index contributed by atoms with van der Waals surface area (Å²) in [4.78, 5) is 9.32. The first-order chi connectivity index (χ1) is 12.1. The Balaban J connectivity index is 1.89. The quantitative estimate of drug-likeness (QED) is 0.526. The van der Waals surface area contributed by atoms with Crippen LogP contribution in [0.4, 0.5) is 11.6 Å². The summed E-state index contributed by atoms with van der Waals surface area (Å²) in [5.41, 5.74) is 3.67. The third-order valence-electron chi connectivity index (χ3n) is 3.91. The van der Waals surface area contributed by atoms with Crippen molar-refractivity contribution in [3.63, 3.8) is 0 Å². The molecule has 0 atom stereocenters. The Morgan fingerprint density at radius 2 is 1.88 bits per heavy atom. The van der Waals surface area contributed by atoms with E-state index in [-0.39, 0.29) is 5.75 Å². The Labute approximate surface area is 144 Å². The number of aryl methyl sites for hydroxylation is 2. The number of aromatic hydroxyl groups is 1. The van der Waals surface area contributed by atoms with Crippen LogP contribution in [0.15, 0.2) is 48.5 Å². The number of rotatable bonds is 3. The fraction of sp³-hybridized carbons (Fsp3) is 0.105. The summed E-state index contributed by atoms with van der Waals surface area (Å²) >= 11 is 0. The molecule has 2 aromatic carbocycles. The van der Waals surface area contributed by atoms with Gasteiger partial charge in [0.15, 0.2) is 11.6 Å². The van der Waals surface area contributed by atoms with Gasteiger partial charge in [0.05, 0.1) is 5.52 Å². The van der Waals surface area contributed by atoms with Crippen LogP contribution in [0.2, 0.25) is 0 Å². The standard InChI is InChI=1S/C19H17N5O/c1-11-6-7-15-16(8-11)20-18(13-4-3-5-14(25)10-13)22-19(15)21-17-9-12(2)23-24-17/h3-10,25H,1-2H3,(H2,20,21,22,23,24). The Morgan fingerprint density at radius 3 is 2.64 bits per heavy atom. The van der Waals surface area contributed by atoms with E-state index in [1.807, 2.05) is 44.2 Å². The molecule has 3 N–H and O–H groups in total. The number of hydrogen-bond donors (Lipinski definition) is 3. The van der Waals surface area contributed by atoms with Gasteiger partial charge in [0, 0.05) is 22.7 Å². The second-order valence-corrected chi connectivity index (χ2v) is 6.03. The van der Waals surface area contributed by atoms with E-state index >= 15 is 0 Å². The van der Waals surface area contributed by atoms with E-state index in [0.717, 1.165) is 27.7 Å². The summed E-state index contributed by atoms with van der Waals surface area (Å²) in [7, 11) is 0. The molecule has 4 rings (SSSR count). The molecular weight excluding hydrogens is 314 g/mol. The zero-order valence-electron chi connectivity index (χ0n) is 13.9. The van der Waals surface area contributed by atoms with Gasteiger partial charge >= 0.3 is 0 Å². The average Bonchev–Trinajstić information content (AvgIpc) is 2.99. The van der Waals surface area contributed by atoms with Crippen LogP contribution in [0, 0.1) is 13.8 Å². The predicted octanol–water partition coefficient (Wildman–Crippen LogP) is 4.09. The first-order valence-electron chi connectivity index (χ1n) is 7.95. The highest BCUT2D eigenvalue weighted by Crippen LogP contribution is 2.28. The minimum atomic E-state index is 0.183. The smallest absolute Gasteiger partial charge is 0.162 e. The summed E-state index contributed by atoms with van der Waals surface area (Å²) in [6.07, 6.45) is 0. The molecule has 2 heterocycles. The van der Waals surface area contributed by atoms with Crippen molar-refractivity contribution in [1.82, 2.24) is 20.2 Å². The number of anilines is 2. The minimum absolute atomic E-state index is 0.183. The van der Waals surface area contributed by atoms with Crippen molar-refractivity contribution in [2.75, 3.05) is 5.32 Å². The lowest BCUT2D eigenvalue weighted by atomic mass is 10.1. The van der Waals surface area contributed by atoms with Crippen molar-refractivity contribution in [2.24, 2.45) is 0 Å². The maximum Gasteiger partial charge on any atom is 0.162 e. The molecule has 0 aliphatic heterocycles. The van der Waals surface area contributed by atoms with Crippen molar-refractivity contribution in [3.8, 4) is 17.1 Å². The molecule has 0 amide bonds. The number of nitrogens with one attached hydrogen (secondary N) is 2. The average molecular weight is 331 g/mol. The highest BCUT2D eigenvalue weighted by atomic mass is 16.3. The van der Waals surface area contributed by atoms with Crippen molar-refractivity contribution >= 4 is 22.5 Å². The molecule has 0 unspecified atom stereocenters. The van der Waals surface area contributed by atoms with Gasteiger partial charge in [-0.05, 0) is 43.7 Å². The predicted molar refractivity (Wildman–Crippen MR) is 98.0 cm³/mol. The molecule has 2 aromatic heterocycles. The van der Waals surface area contributed by atoms with Crippen LogP contribution >= 0.6 is 0 Å². The lowest BCUT2D eigenvalue weighted by Gasteiger charge is -2.10. The van der Waals surface area contributed by atoms with E-state index in [1.54, 1.807) is 18.2 Å². The number of phenolic OH excluding ortho intramolecular Hbond substituents is 1. The topological polar surface area (TPSA) is 86.7 Å². The van der Waals surface area contributed by atoms with Crippen LogP contribution in [0.1, 0.15) is 11.3 Å². The van der Waals surface area contributed by atoms with Crippen LogP contribution in [0.5, 0.6) is 5.75 Å². The lowest BCUT2D eigenvalue weighted by molar-refractivity contribution is 0.475. The van der Waals surface area contributed by atoms with E-state index in [2.05, 4.69) is 25.5 Å². The Bertz CT molecular complexity index is 1070. The molecule has 0 saturated carbocycles. The SMILES string of the molecule is Cc1ccc2c(Nc3cc(C)[nH]n3)nc(-c3cccc(O)c3)nc2c1. The number of fused-ring (bicyclic) bond motifs is 1. The fourth-order valence-corrected chi connectivity index (χ4v) is 2.71. The largest absolute Gasteiger partial charge is 0.508 e. The summed E-state index contributed by atoms with van der Waals surface area (Å²) < 4.78 is 0. The third-order valence-corrected chi connectivity index (χ3v) is 3.91. The number of aromatic nitrogens is 4. The van der Waals surface area contributed by atoms with Gasteiger partial charge in [0.1, 0.15) is 11.6 Å². The van der Waals surface area contributed by atoms with Gasteiger partial charge in [-0.3, -0.25) is 5.10 Å². The highest BCUT2D eigenvalue weighted by Gasteiger charge is 2.11. The third kappa shape index (κ3) is 3.01. The van der Waals surface area contributed by atoms with Gasteiger partial charge in [0.2, 0.25) is 0 Å². The summed E-state index contributed by atoms with van der Waals surface area (Å²) in [5, 5.41) is 21.0. The number of aromatic amines is 1. The molecule has 0 saturated heterocycles. The van der Waals surface area contributed by atoms with E-state index in [1.165, 1.54) is 0 Å². The molecule has 0 bridgehead atoms. The number of phenols is 1. The van der Waals surface area contributed by atoms with E-state index < -0.39 is 0 Å². The number of hydrogen-bond acceptors (Lipinski definition) is 5. The van der Waals surface area contributed by atoms with E-state index in [4.69, 9.17) is 0 Å². The van der Waals surface area contributed by atoms with Crippen LogP contribution in [0.25, 0.3) is 22.3 Å². The van der Waals surface area contributed by atoms with Crippen molar-refractivity contribution in [1.29, 1.82) is 0 Å². The summed E-state index contributed by atoms with van der Waals surface area (Å²) in [5.74, 6) is 2.10. The maximum atomic E-state index is 9.75. The highest BCUT2D eigenvalue weighted by molar-refractivity contribution is 5.92. The minimum Gasteiger partial charge on any atom is -0.508 e. The number of H-pyrrole nitrogens is 1. The Hall–Kier alpha value is -3.41.